The van der Waals surface area contributed by atoms with Crippen molar-refractivity contribution in [3.05, 3.63) is 29.8 Å². The summed E-state index contributed by atoms with van der Waals surface area (Å²) < 4.78 is 5.22. The lowest BCUT2D eigenvalue weighted by atomic mass is 9.76. The van der Waals surface area contributed by atoms with Crippen LogP contribution in [-0.4, -0.2) is 42.7 Å². The number of nitrogens with zero attached hydrogens (tertiary/aromatic N) is 1. The second-order valence-electron chi connectivity index (χ2n) is 7.64. The van der Waals surface area contributed by atoms with Crippen LogP contribution in [0.2, 0.25) is 0 Å². The number of aliphatic hydroxyl groups is 1. The van der Waals surface area contributed by atoms with E-state index in [-0.39, 0.29) is 18.4 Å². The lowest BCUT2D eigenvalue weighted by Crippen LogP contribution is -2.59. The van der Waals surface area contributed by atoms with Gasteiger partial charge < -0.3 is 14.7 Å². The highest BCUT2D eigenvalue weighted by Gasteiger charge is 2.49. The van der Waals surface area contributed by atoms with E-state index in [2.05, 4.69) is 12.1 Å². The van der Waals surface area contributed by atoms with E-state index in [1.54, 1.807) is 7.11 Å². The zero-order chi connectivity index (χ0) is 17.2. The molecule has 4 nitrogen and oxygen atoms in total. The van der Waals surface area contributed by atoms with E-state index >= 15 is 0 Å². The molecule has 2 fully saturated rings. The third-order valence-electron chi connectivity index (χ3n) is 5.91. The van der Waals surface area contributed by atoms with Crippen molar-refractivity contribution in [3.63, 3.8) is 0 Å². The standard InChI is InChI=1S/C20H29NO3/c1-3-17(12-22)19(23)21-13-20(14-21)9-8-16(11-20)10-15-4-6-18(24-2)7-5-15/h4-7,16-17,22H,3,8-14H2,1-2H3/t16?,17-/m1/s1. The van der Waals surface area contributed by atoms with E-state index in [9.17, 15) is 9.90 Å². The fourth-order valence-electron chi connectivity index (χ4n) is 4.44. The molecule has 1 heterocycles. The Morgan fingerprint density at radius 3 is 2.67 bits per heavy atom. The molecule has 1 saturated heterocycles. The van der Waals surface area contributed by atoms with Crippen molar-refractivity contribution in [2.24, 2.45) is 17.3 Å². The minimum atomic E-state index is -0.209. The highest BCUT2D eigenvalue weighted by Crippen LogP contribution is 2.49. The number of benzene rings is 1. The molecular formula is C20H29NO3. The Hall–Kier alpha value is -1.55. The lowest BCUT2D eigenvalue weighted by molar-refractivity contribution is -0.149. The number of carbonyl (C=O) groups is 1. The quantitative estimate of drug-likeness (QED) is 0.872. The van der Waals surface area contributed by atoms with E-state index in [1.807, 2.05) is 24.0 Å². The molecule has 1 saturated carbocycles. The fourth-order valence-corrected chi connectivity index (χ4v) is 4.44. The number of likely N-dealkylation sites (tertiary alicyclic amines) is 1. The Morgan fingerprint density at radius 2 is 2.08 bits per heavy atom. The molecule has 2 atom stereocenters. The van der Waals surface area contributed by atoms with E-state index in [1.165, 1.54) is 24.8 Å². The molecule has 1 unspecified atom stereocenters. The molecule has 1 aliphatic carbocycles. The topological polar surface area (TPSA) is 49.8 Å². The van der Waals surface area contributed by atoms with Gasteiger partial charge in [0.2, 0.25) is 5.91 Å². The first-order valence-electron chi connectivity index (χ1n) is 9.11. The molecular weight excluding hydrogens is 302 g/mol. The average molecular weight is 331 g/mol. The molecule has 3 rings (SSSR count). The summed E-state index contributed by atoms with van der Waals surface area (Å²) in [5, 5.41) is 9.31. The normalized spacial score (nSPS) is 23.1. The van der Waals surface area contributed by atoms with E-state index in [0.29, 0.717) is 5.41 Å². The predicted molar refractivity (Wildman–Crippen MR) is 93.9 cm³/mol. The molecule has 0 bridgehead atoms. The van der Waals surface area contributed by atoms with Gasteiger partial charge in [0.25, 0.3) is 0 Å². The Kier molecular flexibility index (Phi) is 5.14. The highest BCUT2D eigenvalue weighted by molar-refractivity contribution is 5.80. The zero-order valence-electron chi connectivity index (χ0n) is 14.8. The first kappa shape index (κ1) is 17.3. The summed E-state index contributed by atoms with van der Waals surface area (Å²) in [6.07, 6.45) is 5.55. The number of carbonyl (C=O) groups excluding carboxylic acids is 1. The van der Waals surface area contributed by atoms with Crippen LogP contribution in [-0.2, 0) is 11.2 Å². The molecule has 1 spiro atoms. The van der Waals surface area contributed by atoms with Crippen LogP contribution in [0.25, 0.3) is 0 Å². The van der Waals surface area contributed by atoms with Gasteiger partial charge in [-0.2, -0.15) is 0 Å². The molecule has 4 heteroatoms. The van der Waals surface area contributed by atoms with Crippen molar-refractivity contribution in [3.8, 4) is 5.75 Å². The molecule has 1 N–H and O–H groups in total. The molecule has 132 valence electrons. The average Bonchev–Trinajstić information content (AvgIpc) is 2.99. The molecule has 1 aromatic carbocycles. The third kappa shape index (κ3) is 3.44. The first-order valence-corrected chi connectivity index (χ1v) is 9.11. The molecule has 24 heavy (non-hydrogen) atoms. The molecule has 0 radical (unpaired) electrons. The second-order valence-corrected chi connectivity index (χ2v) is 7.64. The Balaban J connectivity index is 1.50. The maximum absolute atomic E-state index is 12.3. The number of hydrogen-bond donors (Lipinski definition) is 1. The van der Waals surface area contributed by atoms with Crippen LogP contribution >= 0.6 is 0 Å². The summed E-state index contributed by atoms with van der Waals surface area (Å²) in [5.41, 5.74) is 1.72. The van der Waals surface area contributed by atoms with Crippen molar-refractivity contribution < 1.29 is 14.6 Å². The third-order valence-corrected chi connectivity index (χ3v) is 5.91. The summed E-state index contributed by atoms with van der Waals surface area (Å²) in [6.45, 7) is 3.72. The molecule has 1 aliphatic heterocycles. The number of rotatable bonds is 6. The number of amides is 1. The summed E-state index contributed by atoms with van der Waals surface area (Å²) in [7, 11) is 1.69. The van der Waals surface area contributed by atoms with Gasteiger partial charge in [0.05, 0.1) is 19.6 Å². The van der Waals surface area contributed by atoms with E-state index in [0.717, 1.165) is 37.6 Å². The van der Waals surface area contributed by atoms with Gasteiger partial charge in [-0.05, 0) is 55.7 Å². The molecule has 2 aliphatic rings. The molecule has 0 aromatic heterocycles. The van der Waals surface area contributed by atoms with E-state index in [4.69, 9.17) is 4.74 Å². The van der Waals surface area contributed by atoms with Crippen LogP contribution in [0.1, 0.15) is 38.2 Å². The van der Waals surface area contributed by atoms with Crippen molar-refractivity contribution >= 4 is 5.91 Å². The summed E-state index contributed by atoms with van der Waals surface area (Å²) in [6, 6.07) is 8.38. The van der Waals surface area contributed by atoms with Crippen molar-refractivity contribution in [2.75, 3.05) is 26.8 Å². The SMILES string of the molecule is CC[C@H](CO)C(=O)N1CC2(CCC(Cc3ccc(OC)cc3)C2)C1. The maximum atomic E-state index is 12.3. The number of methoxy groups -OCH3 is 1. The highest BCUT2D eigenvalue weighted by atomic mass is 16.5. The van der Waals surface area contributed by atoms with Crippen LogP contribution in [0.5, 0.6) is 5.75 Å². The van der Waals surface area contributed by atoms with Gasteiger partial charge in [0.1, 0.15) is 5.75 Å². The van der Waals surface area contributed by atoms with Gasteiger partial charge in [0.15, 0.2) is 0 Å². The Labute approximate surface area is 144 Å². The lowest BCUT2D eigenvalue weighted by Gasteiger charge is -2.49. The zero-order valence-corrected chi connectivity index (χ0v) is 14.8. The molecule has 1 amide bonds. The maximum Gasteiger partial charge on any atom is 0.228 e. The van der Waals surface area contributed by atoms with Crippen molar-refractivity contribution in [2.45, 2.75) is 39.0 Å². The van der Waals surface area contributed by atoms with E-state index < -0.39 is 0 Å². The van der Waals surface area contributed by atoms with Crippen molar-refractivity contribution in [1.29, 1.82) is 0 Å². The minimum absolute atomic E-state index is 0.0288. The van der Waals surface area contributed by atoms with Gasteiger partial charge in [-0.3, -0.25) is 4.79 Å². The molecule has 1 aromatic rings. The van der Waals surface area contributed by atoms with Gasteiger partial charge in [-0.1, -0.05) is 19.1 Å². The fraction of sp³-hybridized carbons (Fsp3) is 0.650. The van der Waals surface area contributed by atoms with Crippen LogP contribution < -0.4 is 4.74 Å². The first-order chi connectivity index (χ1) is 11.6. The van der Waals surface area contributed by atoms with Gasteiger partial charge in [0, 0.05) is 18.5 Å². The van der Waals surface area contributed by atoms with Gasteiger partial charge in [-0.15, -0.1) is 0 Å². The number of aliphatic hydroxyl groups excluding tert-OH is 1. The summed E-state index contributed by atoms with van der Waals surface area (Å²) in [5.74, 6) is 1.56. The van der Waals surface area contributed by atoms with Gasteiger partial charge >= 0.3 is 0 Å². The monoisotopic (exact) mass is 331 g/mol. The van der Waals surface area contributed by atoms with Crippen LogP contribution in [0, 0.1) is 17.3 Å². The summed E-state index contributed by atoms with van der Waals surface area (Å²) >= 11 is 0. The van der Waals surface area contributed by atoms with Crippen LogP contribution in [0.4, 0.5) is 0 Å². The Bertz CT molecular complexity index is 559. The largest absolute Gasteiger partial charge is 0.497 e. The number of hydrogen-bond acceptors (Lipinski definition) is 3. The smallest absolute Gasteiger partial charge is 0.228 e. The van der Waals surface area contributed by atoms with Crippen molar-refractivity contribution in [1.82, 2.24) is 4.90 Å². The number of ether oxygens (including phenoxy) is 1. The predicted octanol–water partition coefficient (Wildman–Crippen LogP) is 2.88. The Morgan fingerprint density at radius 1 is 1.38 bits per heavy atom. The van der Waals surface area contributed by atoms with Gasteiger partial charge in [-0.25, -0.2) is 0 Å². The second kappa shape index (κ2) is 7.14. The van der Waals surface area contributed by atoms with Crippen LogP contribution in [0.15, 0.2) is 24.3 Å². The minimum Gasteiger partial charge on any atom is -0.497 e. The summed E-state index contributed by atoms with van der Waals surface area (Å²) in [4.78, 5) is 14.3. The van der Waals surface area contributed by atoms with Crippen LogP contribution in [0.3, 0.4) is 0 Å².